The van der Waals surface area contributed by atoms with Crippen LogP contribution in [0.3, 0.4) is 0 Å². The third-order valence-electron chi connectivity index (χ3n) is 3.17. The van der Waals surface area contributed by atoms with Gasteiger partial charge in [0.1, 0.15) is 0 Å². The van der Waals surface area contributed by atoms with E-state index in [-0.39, 0.29) is 0 Å². The molecule has 3 aromatic rings. The minimum Gasteiger partial charge on any atom is -0.354 e. The molecular formula is C16H13N. The number of rotatable bonds is 2. The molecule has 0 saturated carbocycles. The molecule has 17 heavy (non-hydrogen) atoms. The summed E-state index contributed by atoms with van der Waals surface area (Å²) in [5, 5.41) is 2.57. The average molecular weight is 219 g/mol. The Kier molecular flexibility index (Phi) is 2.34. The summed E-state index contributed by atoms with van der Waals surface area (Å²) in [7, 11) is 0. The van der Waals surface area contributed by atoms with Crippen molar-refractivity contribution in [3.63, 3.8) is 0 Å². The third kappa shape index (κ3) is 1.59. The highest BCUT2D eigenvalue weighted by Gasteiger charge is 2.06. The number of aromatic nitrogens is 1. The molecule has 0 aliphatic rings. The maximum Gasteiger partial charge on any atom is 0.0497 e. The van der Waals surface area contributed by atoms with Gasteiger partial charge in [-0.3, -0.25) is 0 Å². The molecule has 0 aliphatic heterocycles. The van der Waals surface area contributed by atoms with Crippen molar-refractivity contribution < 1.29 is 0 Å². The van der Waals surface area contributed by atoms with E-state index in [2.05, 4.69) is 53.4 Å². The highest BCUT2D eigenvalue weighted by molar-refractivity contribution is 6.08. The number of benzene rings is 2. The molecular weight excluding hydrogens is 206 g/mol. The second-order valence-electron chi connectivity index (χ2n) is 4.21. The molecule has 1 nitrogen and oxygen atoms in total. The predicted octanol–water partition coefficient (Wildman–Crippen LogP) is 3.89. The normalized spacial score (nSPS) is 10.8. The average Bonchev–Trinajstić information content (AvgIpc) is 2.75. The van der Waals surface area contributed by atoms with Crippen LogP contribution in [0.15, 0.2) is 42.5 Å². The fourth-order valence-electron chi connectivity index (χ4n) is 2.35. The molecule has 0 aliphatic carbocycles. The van der Waals surface area contributed by atoms with E-state index in [1.165, 1.54) is 27.4 Å². The molecule has 3 rings (SSSR count). The number of para-hydroxylation sites is 2. The van der Waals surface area contributed by atoms with E-state index < -0.39 is 0 Å². The summed E-state index contributed by atoms with van der Waals surface area (Å²) in [5.74, 6) is 2.70. The molecule has 0 fully saturated rings. The lowest BCUT2D eigenvalue weighted by Gasteiger charge is -1.99. The van der Waals surface area contributed by atoms with Gasteiger partial charge in [0.05, 0.1) is 0 Å². The van der Waals surface area contributed by atoms with Crippen LogP contribution in [0.1, 0.15) is 12.0 Å². The van der Waals surface area contributed by atoms with E-state index >= 15 is 0 Å². The van der Waals surface area contributed by atoms with Crippen LogP contribution in [0.2, 0.25) is 0 Å². The second kappa shape index (κ2) is 3.99. The fraction of sp³-hybridized carbons (Fsp3) is 0.125. The topological polar surface area (TPSA) is 15.8 Å². The first kappa shape index (κ1) is 9.99. The summed E-state index contributed by atoms with van der Waals surface area (Å²) in [4.78, 5) is 3.49. The quantitative estimate of drug-likeness (QED) is 0.629. The smallest absolute Gasteiger partial charge is 0.0497 e. The Morgan fingerprint density at radius 2 is 1.82 bits per heavy atom. The van der Waals surface area contributed by atoms with Crippen molar-refractivity contribution >= 4 is 21.8 Å². The monoisotopic (exact) mass is 219 g/mol. The van der Waals surface area contributed by atoms with Crippen LogP contribution >= 0.6 is 0 Å². The van der Waals surface area contributed by atoms with E-state index in [4.69, 9.17) is 6.42 Å². The molecule has 0 saturated heterocycles. The summed E-state index contributed by atoms with van der Waals surface area (Å²) in [5.41, 5.74) is 3.72. The Morgan fingerprint density at radius 3 is 2.71 bits per heavy atom. The summed E-state index contributed by atoms with van der Waals surface area (Å²) < 4.78 is 0. The molecule has 0 amide bonds. The highest BCUT2D eigenvalue weighted by atomic mass is 14.7. The van der Waals surface area contributed by atoms with Crippen LogP contribution in [0.4, 0.5) is 0 Å². The number of hydrogen-bond donors (Lipinski definition) is 1. The van der Waals surface area contributed by atoms with Crippen molar-refractivity contribution in [2.75, 3.05) is 0 Å². The van der Waals surface area contributed by atoms with E-state index in [1.807, 2.05) is 0 Å². The van der Waals surface area contributed by atoms with Gasteiger partial charge in [-0.15, -0.1) is 12.3 Å². The van der Waals surface area contributed by atoms with Gasteiger partial charge in [-0.2, -0.15) is 0 Å². The first-order chi connectivity index (χ1) is 8.40. The van der Waals surface area contributed by atoms with Crippen molar-refractivity contribution in [3.8, 4) is 12.3 Å². The molecule has 1 N–H and O–H groups in total. The van der Waals surface area contributed by atoms with Gasteiger partial charge >= 0.3 is 0 Å². The highest BCUT2D eigenvalue weighted by Crippen LogP contribution is 2.27. The van der Waals surface area contributed by atoms with Crippen LogP contribution in [0, 0.1) is 12.3 Å². The van der Waals surface area contributed by atoms with Gasteiger partial charge in [0.2, 0.25) is 0 Å². The van der Waals surface area contributed by atoms with E-state index in [0.29, 0.717) is 0 Å². The zero-order valence-corrected chi connectivity index (χ0v) is 9.53. The first-order valence-corrected chi connectivity index (χ1v) is 5.82. The number of aromatic amines is 1. The molecule has 1 heteroatoms. The van der Waals surface area contributed by atoms with Gasteiger partial charge in [-0.05, 0) is 18.1 Å². The largest absolute Gasteiger partial charge is 0.354 e. The Balaban J connectivity index is 2.28. The zero-order chi connectivity index (χ0) is 11.7. The summed E-state index contributed by atoms with van der Waals surface area (Å²) >= 11 is 0. The SMILES string of the molecule is C#CCCc1cccc2c1[nH]c1ccccc12. The van der Waals surface area contributed by atoms with Crippen LogP contribution in [-0.4, -0.2) is 4.98 Å². The summed E-state index contributed by atoms with van der Waals surface area (Å²) in [6.07, 6.45) is 7.05. The Bertz CT molecular complexity index is 713. The fourth-order valence-corrected chi connectivity index (χ4v) is 2.35. The van der Waals surface area contributed by atoms with Gasteiger partial charge in [-0.1, -0.05) is 36.4 Å². The van der Waals surface area contributed by atoms with E-state index in [9.17, 15) is 0 Å². The Morgan fingerprint density at radius 1 is 1.00 bits per heavy atom. The van der Waals surface area contributed by atoms with Crippen molar-refractivity contribution in [1.82, 2.24) is 4.98 Å². The molecule has 0 radical (unpaired) electrons. The minimum atomic E-state index is 0.786. The number of hydrogen-bond acceptors (Lipinski definition) is 0. The number of fused-ring (bicyclic) bond motifs is 3. The van der Waals surface area contributed by atoms with Crippen LogP contribution in [0.25, 0.3) is 21.8 Å². The maximum absolute atomic E-state index is 5.34. The van der Waals surface area contributed by atoms with Gasteiger partial charge in [0.15, 0.2) is 0 Å². The molecule has 82 valence electrons. The van der Waals surface area contributed by atoms with Gasteiger partial charge < -0.3 is 4.98 Å². The molecule has 1 aromatic heterocycles. The molecule has 1 heterocycles. The lowest BCUT2D eigenvalue weighted by molar-refractivity contribution is 1.04. The van der Waals surface area contributed by atoms with Gasteiger partial charge in [-0.25, -0.2) is 0 Å². The van der Waals surface area contributed by atoms with Crippen molar-refractivity contribution in [2.24, 2.45) is 0 Å². The van der Waals surface area contributed by atoms with E-state index in [1.54, 1.807) is 0 Å². The van der Waals surface area contributed by atoms with Crippen molar-refractivity contribution in [3.05, 3.63) is 48.0 Å². The lowest BCUT2D eigenvalue weighted by atomic mass is 10.1. The van der Waals surface area contributed by atoms with Crippen molar-refractivity contribution in [2.45, 2.75) is 12.8 Å². The Labute approximate surface area is 100 Å². The molecule has 0 unspecified atom stereocenters. The number of nitrogens with one attached hydrogen (secondary N) is 1. The number of aryl methyl sites for hydroxylation is 1. The van der Waals surface area contributed by atoms with Crippen LogP contribution < -0.4 is 0 Å². The third-order valence-corrected chi connectivity index (χ3v) is 3.17. The summed E-state index contributed by atoms with van der Waals surface area (Å²) in [6.45, 7) is 0. The zero-order valence-electron chi connectivity index (χ0n) is 9.53. The first-order valence-electron chi connectivity index (χ1n) is 5.82. The number of terminal acetylenes is 1. The second-order valence-corrected chi connectivity index (χ2v) is 4.21. The minimum absolute atomic E-state index is 0.786. The standard InChI is InChI=1S/C16H13N/c1-2-3-7-12-8-6-10-14-13-9-4-5-11-15(13)17-16(12)14/h1,4-6,8-11,17H,3,7H2. The molecule has 0 atom stereocenters. The molecule has 0 spiro atoms. The van der Waals surface area contributed by atoms with Gasteiger partial charge in [0.25, 0.3) is 0 Å². The van der Waals surface area contributed by atoms with E-state index in [0.717, 1.165) is 12.8 Å². The van der Waals surface area contributed by atoms with Crippen LogP contribution in [0.5, 0.6) is 0 Å². The predicted molar refractivity (Wildman–Crippen MR) is 73.0 cm³/mol. The van der Waals surface area contributed by atoms with Crippen LogP contribution in [-0.2, 0) is 6.42 Å². The lowest BCUT2D eigenvalue weighted by Crippen LogP contribution is -1.85. The maximum atomic E-state index is 5.34. The number of H-pyrrole nitrogens is 1. The summed E-state index contributed by atoms with van der Waals surface area (Å²) in [6, 6.07) is 14.8. The van der Waals surface area contributed by atoms with Crippen molar-refractivity contribution in [1.29, 1.82) is 0 Å². The van der Waals surface area contributed by atoms with Gasteiger partial charge in [0, 0.05) is 28.2 Å². The Hall–Kier alpha value is -2.20. The molecule has 2 aromatic carbocycles. The molecule has 0 bridgehead atoms.